The molecule has 0 aliphatic carbocycles. The first-order valence-corrected chi connectivity index (χ1v) is 7.98. The molecule has 21 heavy (non-hydrogen) atoms. The highest BCUT2D eigenvalue weighted by molar-refractivity contribution is 7.99. The van der Waals surface area contributed by atoms with Gasteiger partial charge in [0.25, 0.3) is 0 Å². The van der Waals surface area contributed by atoms with E-state index in [2.05, 4.69) is 27.4 Å². The van der Waals surface area contributed by atoms with E-state index in [-0.39, 0.29) is 11.7 Å². The lowest BCUT2D eigenvalue weighted by molar-refractivity contribution is -0.113. The summed E-state index contributed by atoms with van der Waals surface area (Å²) in [5.74, 6) is 1.27. The maximum absolute atomic E-state index is 11.8. The number of hydrogen-bond donors (Lipinski definition) is 2. The number of hydrogen-bond acceptors (Lipinski definition) is 5. The normalized spacial score (nSPS) is 10.8. The van der Waals surface area contributed by atoms with Gasteiger partial charge in [0.1, 0.15) is 5.76 Å². The van der Waals surface area contributed by atoms with Crippen LogP contribution in [-0.2, 0) is 11.2 Å². The Balaban J connectivity index is 1.83. The largest absolute Gasteiger partial charge is 0.360 e. The quantitative estimate of drug-likeness (QED) is 0.768. The zero-order valence-corrected chi connectivity index (χ0v) is 13.3. The van der Waals surface area contributed by atoms with Crippen LogP contribution in [0.25, 0.3) is 0 Å². The van der Waals surface area contributed by atoms with E-state index in [0.717, 1.165) is 35.8 Å². The van der Waals surface area contributed by atoms with Gasteiger partial charge in [0, 0.05) is 11.8 Å². The average Bonchev–Trinajstić information content (AvgIpc) is 3.00. The zero-order chi connectivity index (χ0) is 15.2. The molecule has 0 aromatic carbocycles. The molecule has 2 rings (SSSR count). The third-order valence-corrected chi connectivity index (χ3v) is 3.84. The van der Waals surface area contributed by atoms with Crippen molar-refractivity contribution in [3.63, 3.8) is 0 Å². The van der Waals surface area contributed by atoms with Crippen LogP contribution in [0.5, 0.6) is 0 Å². The first kappa shape index (κ1) is 15.6. The minimum atomic E-state index is -0.127. The van der Waals surface area contributed by atoms with Gasteiger partial charge in [0.05, 0.1) is 11.4 Å². The van der Waals surface area contributed by atoms with Crippen molar-refractivity contribution in [2.24, 2.45) is 0 Å². The van der Waals surface area contributed by atoms with E-state index in [0.29, 0.717) is 11.6 Å². The Morgan fingerprint density at radius 3 is 2.95 bits per heavy atom. The Morgan fingerprint density at radius 2 is 2.29 bits per heavy atom. The van der Waals surface area contributed by atoms with Gasteiger partial charge in [-0.2, -0.15) is 0 Å². The van der Waals surface area contributed by atoms with E-state index < -0.39 is 0 Å². The fourth-order valence-corrected chi connectivity index (χ4v) is 2.60. The van der Waals surface area contributed by atoms with Crippen molar-refractivity contribution in [2.75, 3.05) is 11.1 Å². The second kappa shape index (κ2) is 7.31. The predicted octanol–water partition coefficient (Wildman–Crippen LogP) is 3.09. The van der Waals surface area contributed by atoms with E-state index in [1.165, 1.54) is 11.8 Å². The summed E-state index contributed by atoms with van der Waals surface area (Å²) in [6.45, 7) is 5.95. The number of aromatic amines is 1. The van der Waals surface area contributed by atoms with Gasteiger partial charge in [-0.1, -0.05) is 30.3 Å². The molecular weight excluding hydrogens is 288 g/mol. The lowest BCUT2D eigenvalue weighted by Crippen LogP contribution is -2.14. The standard InChI is InChI=1S/C14H20N4O2S/c1-4-5-6-11-10(3)15-14(16-11)21-8-13(19)17-12-7-9(2)20-18-12/h7H,4-6,8H2,1-3H3,(H,15,16)(H,17,18,19). The SMILES string of the molecule is CCCCc1nc(SCC(=O)Nc2cc(C)on2)[nH]c1C. The van der Waals surface area contributed by atoms with Crippen molar-refractivity contribution in [3.05, 3.63) is 23.2 Å². The lowest BCUT2D eigenvalue weighted by Gasteiger charge is -1.99. The maximum atomic E-state index is 11.8. The minimum Gasteiger partial charge on any atom is -0.360 e. The second-order valence-corrected chi connectivity index (χ2v) is 5.84. The number of aryl methyl sites for hydroxylation is 3. The van der Waals surface area contributed by atoms with Gasteiger partial charge in [-0.25, -0.2) is 4.98 Å². The summed E-state index contributed by atoms with van der Waals surface area (Å²) >= 11 is 1.39. The van der Waals surface area contributed by atoms with Crippen LogP contribution in [0.3, 0.4) is 0 Å². The van der Waals surface area contributed by atoms with Gasteiger partial charge in [-0.3, -0.25) is 4.79 Å². The molecule has 1 amide bonds. The monoisotopic (exact) mass is 308 g/mol. The van der Waals surface area contributed by atoms with Crippen LogP contribution in [0, 0.1) is 13.8 Å². The van der Waals surface area contributed by atoms with Crippen LogP contribution in [0.4, 0.5) is 5.82 Å². The van der Waals surface area contributed by atoms with Crippen LogP contribution in [-0.4, -0.2) is 26.8 Å². The van der Waals surface area contributed by atoms with Crippen molar-refractivity contribution >= 4 is 23.5 Å². The molecule has 114 valence electrons. The molecule has 2 N–H and O–H groups in total. The number of nitrogens with zero attached hydrogens (tertiary/aromatic N) is 2. The molecule has 0 spiro atoms. The summed E-state index contributed by atoms with van der Waals surface area (Å²) in [5.41, 5.74) is 2.17. The van der Waals surface area contributed by atoms with Crippen molar-refractivity contribution in [3.8, 4) is 0 Å². The topological polar surface area (TPSA) is 83.8 Å². The zero-order valence-electron chi connectivity index (χ0n) is 12.5. The molecule has 0 bridgehead atoms. The van der Waals surface area contributed by atoms with E-state index in [1.807, 2.05) is 6.92 Å². The number of carbonyl (C=O) groups excluding carboxylic acids is 1. The van der Waals surface area contributed by atoms with Crippen molar-refractivity contribution in [1.29, 1.82) is 0 Å². The Labute approximate surface area is 128 Å². The van der Waals surface area contributed by atoms with Gasteiger partial charge < -0.3 is 14.8 Å². The molecule has 0 aliphatic rings. The van der Waals surface area contributed by atoms with Crippen LogP contribution in [0.1, 0.15) is 36.9 Å². The molecule has 7 heteroatoms. The van der Waals surface area contributed by atoms with Crippen molar-refractivity contribution in [1.82, 2.24) is 15.1 Å². The lowest BCUT2D eigenvalue weighted by atomic mass is 10.2. The van der Waals surface area contributed by atoms with Gasteiger partial charge in [0.2, 0.25) is 5.91 Å². The first-order chi connectivity index (χ1) is 10.1. The fraction of sp³-hybridized carbons (Fsp3) is 0.500. The first-order valence-electron chi connectivity index (χ1n) is 7.00. The number of rotatable bonds is 7. The molecular formula is C14H20N4O2S. The molecule has 6 nitrogen and oxygen atoms in total. The second-order valence-electron chi connectivity index (χ2n) is 4.88. The van der Waals surface area contributed by atoms with Gasteiger partial charge in [-0.05, 0) is 26.7 Å². The molecule has 0 saturated heterocycles. The number of nitrogens with one attached hydrogen (secondary N) is 2. The number of aromatic nitrogens is 3. The number of amides is 1. The van der Waals surface area contributed by atoms with E-state index in [4.69, 9.17) is 4.52 Å². The van der Waals surface area contributed by atoms with Gasteiger partial charge in [-0.15, -0.1) is 0 Å². The number of thioether (sulfide) groups is 1. The third kappa shape index (κ3) is 4.63. The highest BCUT2D eigenvalue weighted by Gasteiger charge is 2.10. The van der Waals surface area contributed by atoms with Gasteiger partial charge >= 0.3 is 0 Å². The van der Waals surface area contributed by atoms with Crippen LogP contribution in [0.15, 0.2) is 15.7 Å². The maximum Gasteiger partial charge on any atom is 0.236 e. The molecule has 0 fully saturated rings. The van der Waals surface area contributed by atoms with Crippen LogP contribution in [0.2, 0.25) is 0 Å². The van der Waals surface area contributed by atoms with Crippen LogP contribution >= 0.6 is 11.8 Å². The smallest absolute Gasteiger partial charge is 0.236 e. The molecule has 2 aromatic heterocycles. The molecule has 0 atom stereocenters. The Morgan fingerprint density at radius 1 is 1.48 bits per heavy atom. The van der Waals surface area contributed by atoms with E-state index >= 15 is 0 Å². The molecule has 0 saturated carbocycles. The van der Waals surface area contributed by atoms with Crippen molar-refractivity contribution < 1.29 is 9.32 Å². The Bertz CT molecular complexity index is 606. The summed E-state index contributed by atoms with van der Waals surface area (Å²) in [4.78, 5) is 19.5. The van der Waals surface area contributed by atoms with Crippen LogP contribution < -0.4 is 5.32 Å². The average molecular weight is 308 g/mol. The number of unbranched alkanes of at least 4 members (excludes halogenated alkanes) is 1. The summed E-state index contributed by atoms with van der Waals surface area (Å²) < 4.78 is 4.89. The number of anilines is 1. The number of H-pyrrole nitrogens is 1. The number of carbonyl (C=O) groups is 1. The third-order valence-electron chi connectivity index (χ3n) is 2.97. The highest BCUT2D eigenvalue weighted by Crippen LogP contribution is 2.18. The van der Waals surface area contributed by atoms with Gasteiger partial charge in [0.15, 0.2) is 11.0 Å². The Hall–Kier alpha value is -1.76. The predicted molar refractivity (Wildman–Crippen MR) is 82.5 cm³/mol. The van der Waals surface area contributed by atoms with E-state index in [1.54, 1.807) is 13.0 Å². The summed E-state index contributed by atoms with van der Waals surface area (Å²) in [6.07, 6.45) is 3.25. The molecule has 2 aromatic rings. The summed E-state index contributed by atoms with van der Waals surface area (Å²) in [6, 6.07) is 1.68. The Kier molecular flexibility index (Phi) is 5.44. The minimum absolute atomic E-state index is 0.127. The summed E-state index contributed by atoms with van der Waals surface area (Å²) in [5, 5.41) is 7.19. The molecule has 0 radical (unpaired) electrons. The molecule has 2 heterocycles. The fourth-order valence-electron chi connectivity index (χ4n) is 1.86. The highest BCUT2D eigenvalue weighted by atomic mass is 32.2. The van der Waals surface area contributed by atoms with E-state index in [9.17, 15) is 4.79 Å². The number of imidazole rings is 1. The molecule has 0 aliphatic heterocycles. The summed E-state index contributed by atoms with van der Waals surface area (Å²) in [7, 11) is 0. The van der Waals surface area contributed by atoms with Crippen molar-refractivity contribution in [2.45, 2.75) is 45.2 Å². The molecule has 0 unspecified atom stereocenters.